The lowest BCUT2D eigenvalue weighted by Crippen LogP contribution is -2.69. The smallest absolute Gasteiger partial charge is 0.322 e. The van der Waals surface area contributed by atoms with Crippen molar-refractivity contribution in [2.45, 2.75) is 130 Å². The van der Waals surface area contributed by atoms with Gasteiger partial charge in [-0.3, -0.25) is 9.59 Å². The Balaban J connectivity index is 1.36. The van der Waals surface area contributed by atoms with Gasteiger partial charge in [0, 0.05) is 24.4 Å². The van der Waals surface area contributed by atoms with Crippen molar-refractivity contribution in [1.82, 2.24) is 0 Å². The Morgan fingerprint density at radius 3 is 2.30 bits per heavy atom. The predicted octanol–water partition coefficient (Wildman–Crippen LogP) is 3.28. The van der Waals surface area contributed by atoms with Crippen molar-refractivity contribution < 1.29 is 44.6 Å². The number of ketones is 1. The molecule has 4 saturated carbocycles. The van der Waals surface area contributed by atoms with Crippen LogP contribution in [0.2, 0.25) is 0 Å². The first kappa shape index (κ1) is 32.6. The predicted molar refractivity (Wildman–Crippen MR) is 161 cm³/mol. The van der Waals surface area contributed by atoms with E-state index >= 15 is 0 Å². The molecule has 0 aromatic heterocycles. The van der Waals surface area contributed by atoms with E-state index in [1.54, 1.807) is 6.92 Å². The van der Waals surface area contributed by atoms with Gasteiger partial charge in [0.05, 0.1) is 12.7 Å². The van der Waals surface area contributed by atoms with Gasteiger partial charge in [0.1, 0.15) is 29.5 Å². The summed E-state index contributed by atoms with van der Waals surface area (Å²) in [4.78, 5) is 27.7. The number of carbonyl (C=O) groups excluding carboxylic acids is 2. The summed E-state index contributed by atoms with van der Waals surface area (Å²) in [6.45, 7) is 12.9. The molecule has 0 spiro atoms. The second-order valence-corrected chi connectivity index (χ2v) is 17.2. The van der Waals surface area contributed by atoms with Gasteiger partial charge in [0.25, 0.3) is 0 Å². The van der Waals surface area contributed by atoms with Crippen LogP contribution in [0.15, 0.2) is 11.6 Å². The van der Waals surface area contributed by atoms with Gasteiger partial charge in [-0.05, 0) is 91.8 Å². The molecule has 9 nitrogen and oxygen atoms in total. The van der Waals surface area contributed by atoms with E-state index in [2.05, 4.69) is 40.7 Å². The van der Waals surface area contributed by atoms with Crippen LogP contribution in [-0.2, 0) is 19.1 Å². The van der Waals surface area contributed by atoms with E-state index in [1.165, 1.54) is 5.57 Å². The zero-order chi connectivity index (χ0) is 32.3. The van der Waals surface area contributed by atoms with Crippen molar-refractivity contribution in [1.29, 1.82) is 0 Å². The summed E-state index contributed by atoms with van der Waals surface area (Å²) in [5, 5.41) is 53.3. The molecular weight excluding hydrogens is 564 g/mol. The summed E-state index contributed by atoms with van der Waals surface area (Å²) in [5.41, 5.74) is -1.18. The van der Waals surface area contributed by atoms with Crippen LogP contribution < -0.4 is 0 Å². The molecule has 6 aliphatic rings. The molecule has 0 bridgehead atoms. The first-order valence-corrected chi connectivity index (χ1v) is 16.8. The number of Topliss-reactive ketones (excluding diaryl/α,β-unsaturated/α-hetero) is 1. The number of hydrogen-bond donors (Lipinski definition) is 5. The van der Waals surface area contributed by atoms with Gasteiger partial charge in [0.15, 0.2) is 0 Å². The maximum atomic E-state index is 14.0. The maximum absolute atomic E-state index is 14.0. The van der Waals surface area contributed by atoms with Crippen LogP contribution in [0.5, 0.6) is 0 Å². The second-order valence-electron chi connectivity index (χ2n) is 17.2. The number of fused-ring (bicyclic) bond motifs is 7. The van der Waals surface area contributed by atoms with Crippen LogP contribution in [0.3, 0.4) is 0 Å². The van der Waals surface area contributed by atoms with E-state index in [1.807, 2.05) is 0 Å². The average Bonchev–Trinajstić information content (AvgIpc) is 2.95. The topological polar surface area (TPSA) is 154 Å². The van der Waals surface area contributed by atoms with Crippen molar-refractivity contribution in [3.8, 4) is 0 Å². The number of allylic oxidation sites excluding steroid dienone is 2. The van der Waals surface area contributed by atoms with Gasteiger partial charge in [-0.15, -0.1) is 0 Å². The lowest BCUT2D eigenvalue weighted by Gasteiger charge is -2.71. The summed E-state index contributed by atoms with van der Waals surface area (Å²) in [6.07, 6.45) is 2.42. The van der Waals surface area contributed by atoms with Crippen molar-refractivity contribution in [3.05, 3.63) is 11.6 Å². The molecule has 13 atom stereocenters. The van der Waals surface area contributed by atoms with Gasteiger partial charge < -0.3 is 35.0 Å². The Morgan fingerprint density at radius 1 is 0.932 bits per heavy atom. The maximum Gasteiger partial charge on any atom is 0.322 e. The molecule has 0 aromatic rings. The lowest BCUT2D eigenvalue weighted by atomic mass is 9.33. The number of carbonyl (C=O) groups is 2. The van der Waals surface area contributed by atoms with Gasteiger partial charge in [-0.1, -0.05) is 46.3 Å². The largest absolute Gasteiger partial charge is 0.432 e. The lowest BCUT2D eigenvalue weighted by molar-refractivity contribution is -0.273. The van der Waals surface area contributed by atoms with Crippen LogP contribution >= 0.6 is 0 Å². The first-order chi connectivity index (χ1) is 20.4. The highest BCUT2D eigenvalue weighted by Crippen LogP contribution is 2.75. The fraction of sp³-hybridized carbons (Fsp3) is 0.886. The Morgan fingerprint density at radius 2 is 1.61 bits per heavy atom. The molecule has 1 saturated heterocycles. The highest BCUT2D eigenvalue weighted by atomic mass is 16.7. The van der Waals surface area contributed by atoms with E-state index < -0.39 is 53.4 Å². The summed E-state index contributed by atoms with van der Waals surface area (Å²) in [6, 6.07) is 0. The Hall–Kier alpha value is -1.36. The molecular formula is C35H54O9. The van der Waals surface area contributed by atoms with Crippen LogP contribution in [0.25, 0.3) is 0 Å². The minimum Gasteiger partial charge on any atom is -0.432 e. The molecule has 1 heterocycles. The SMILES string of the molecule is CC1(C)CC[C@]2(CO)CC[C@]3(C)C(=CC[C@H]4[C@@]5(C)CCC(=O)[C@@](C)(C(=O)O[C@@H]6OC[C@@H](O)[C@@H](O)[C@@H]6O)[C@H]5[C@H](O)C[C@]43C)[C@@H]2C1. The van der Waals surface area contributed by atoms with Crippen LogP contribution in [0.4, 0.5) is 0 Å². The summed E-state index contributed by atoms with van der Waals surface area (Å²) in [5.74, 6) is -1.48. The third-order valence-corrected chi connectivity index (χ3v) is 14.6. The van der Waals surface area contributed by atoms with E-state index in [9.17, 15) is 35.1 Å². The van der Waals surface area contributed by atoms with Crippen molar-refractivity contribution in [2.24, 2.45) is 50.2 Å². The molecule has 0 radical (unpaired) electrons. The Kier molecular flexibility index (Phi) is 7.64. The van der Waals surface area contributed by atoms with Gasteiger partial charge in [-0.25, -0.2) is 0 Å². The van der Waals surface area contributed by atoms with Crippen LogP contribution in [-0.4, -0.2) is 81.2 Å². The number of rotatable bonds is 3. The van der Waals surface area contributed by atoms with Crippen LogP contribution in [0, 0.1) is 50.2 Å². The number of aliphatic hydroxyl groups is 5. The molecule has 5 aliphatic carbocycles. The van der Waals surface area contributed by atoms with Gasteiger partial charge >= 0.3 is 5.97 Å². The number of aliphatic hydroxyl groups excluding tert-OH is 5. The summed E-state index contributed by atoms with van der Waals surface area (Å²) >= 11 is 0. The first-order valence-electron chi connectivity index (χ1n) is 16.8. The van der Waals surface area contributed by atoms with E-state index in [-0.39, 0.29) is 53.0 Å². The molecule has 6 rings (SSSR count). The van der Waals surface area contributed by atoms with Crippen molar-refractivity contribution in [3.63, 3.8) is 0 Å². The zero-order valence-corrected chi connectivity index (χ0v) is 27.3. The molecule has 248 valence electrons. The summed E-state index contributed by atoms with van der Waals surface area (Å²) < 4.78 is 10.9. The van der Waals surface area contributed by atoms with Gasteiger partial charge in [-0.2, -0.15) is 0 Å². The standard InChI is InChI=1S/C35H54O9/c1-30(2)11-13-35(18-36)14-12-32(4)19(20(35)15-30)7-8-23-31(3)10-9-24(39)34(6,27(31)21(37)16-33(23,32)5)29(42)44-28-26(41)25(40)22(38)17-43-28/h7,20-23,25-28,36-38,40-41H,8-18H2,1-6H3/t20-,21+,22+,23-,25+,26-,27-,28-,31+,32+,33+,34+,35+/m0/s1. The molecule has 5 fully saturated rings. The molecule has 9 heteroatoms. The Labute approximate surface area is 261 Å². The van der Waals surface area contributed by atoms with Gasteiger partial charge in [0.2, 0.25) is 6.29 Å². The minimum absolute atomic E-state index is 0.0985. The average molecular weight is 619 g/mol. The fourth-order valence-corrected chi connectivity index (χ4v) is 11.7. The highest BCUT2D eigenvalue weighted by molar-refractivity contribution is 6.04. The number of ether oxygens (including phenoxy) is 2. The Bertz CT molecular complexity index is 1230. The molecule has 0 amide bonds. The normalized spacial score (nSPS) is 53.3. The van der Waals surface area contributed by atoms with Crippen molar-refractivity contribution >= 4 is 11.8 Å². The third-order valence-electron chi connectivity index (χ3n) is 14.6. The summed E-state index contributed by atoms with van der Waals surface area (Å²) in [7, 11) is 0. The second kappa shape index (κ2) is 10.3. The minimum atomic E-state index is -1.67. The third kappa shape index (κ3) is 4.25. The number of esters is 1. The molecule has 44 heavy (non-hydrogen) atoms. The van der Waals surface area contributed by atoms with E-state index in [0.29, 0.717) is 18.8 Å². The number of hydrogen-bond acceptors (Lipinski definition) is 9. The molecule has 0 aromatic carbocycles. The van der Waals surface area contributed by atoms with Crippen LogP contribution in [0.1, 0.15) is 99.3 Å². The quantitative estimate of drug-likeness (QED) is 0.182. The molecule has 1 aliphatic heterocycles. The van der Waals surface area contributed by atoms with E-state index in [4.69, 9.17) is 9.47 Å². The molecule has 5 N–H and O–H groups in total. The fourth-order valence-electron chi connectivity index (χ4n) is 11.7. The zero-order valence-electron chi connectivity index (χ0n) is 27.3. The monoisotopic (exact) mass is 618 g/mol. The van der Waals surface area contributed by atoms with E-state index in [0.717, 1.165) is 38.5 Å². The van der Waals surface area contributed by atoms with Crippen molar-refractivity contribution in [2.75, 3.05) is 13.2 Å². The molecule has 0 unspecified atom stereocenters. The highest BCUT2D eigenvalue weighted by Gasteiger charge is 2.72.